The van der Waals surface area contributed by atoms with Gasteiger partial charge in [-0.3, -0.25) is 4.55 Å². The quantitative estimate of drug-likeness (QED) is 0.625. The second-order valence-electron chi connectivity index (χ2n) is 5.69. The first-order valence-electron chi connectivity index (χ1n) is 7.47. The van der Waals surface area contributed by atoms with Gasteiger partial charge in [0.2, 0.25) is 0 Å². The summed E-state index contributed by atoms with van der Waals surface area (Å²) in [5.74, 6) is -0.103. The molecule has 0 amide bonds. The van der Waals surface area contributed by atoms with Crippen LogP contribution in [-0.2, 0) is 10.1 Å². The number of aromatic hydroxyl groups is 1. The molecule has 2 aromatic carbocycles. The van der Waals surface area contributed by atoms with Gasteiger partial charge in [0.1, 0.15) is 16.8 Å². The third-order valence-corrected chi connectivity index (χ3v) is 5.02. The first kappa shape index (κ1) is 16.4. The van der Waals surface area contributed by atoms with E-state index >= 15 is 0 Å². The number of para-hydroxylation sites is 1. The summed E-state index contributed by atoms with van der Waals surface area (Å²) < 4.78 is 32.7. The van der Waals surface area contributed by atoms with Crippen LogP contribution in [0.25, 0.3) is 22.2 Å². The lowest BCUT2D eigenvalue weighted by atomic mass is 9.92. The molecule has 3 N–H and O–H groups in total. The molecule has 8 heteroatoms. The Morgan fingerprint density at radius 1 is 1.21 bits per heavy atom. The maximum absolute atomic E-state index is 11.6. The van der Waals surface area contributed by atoms with Gasteiger partial charge in [-0.1, -0.05) is 26.0 Å². The van der Waals surface area contributed by atoms with E-state index in [4.69, 9.17) is 0 Å². The van der Waals surface area contributed by atoms with E-state index < -0.39 is 10.1 Å². The lowest BCUT2D eigenvalue weighted by Gasteiger charge is -2.16. The normalized spacial score (nSPS) is 13.3. The predicted octanol–water partition coefficient (Wildman–Crippen LogP) is 3.09. The highest BCUT2D eigenvalue weighted by Gasteiger charge is 2.22. The summed E-state index contributed by atoms with van der Waals surface area (Å²) in [4.78, 5) is -0.258. The molecule has 1 atom stereocenters. The van der Waals surface area contributed by atoms with Crippen LogP contribution in [0.5, 0.6) is 5.75 Å². The monoisotopic (exact) mass is 347 g/mol. The van der Waals surface area contributed by atoms with E-state index in [1.54, 1.807) is 18.2 Å². The van der Waals surface area contributed by atoms with Crippen LogP contribution >= 0.6 is 0 Å². The highest BCUT2D eigenvalue weighted by molar-refractivity contribution is 7.85. The average molecular weight is 347 g/mol. The molecule has 24 heavy (non-hydrogen) atoms. The third-order valence-electron chi connectivity index (χ3n) is 4.19. The van der Waals surface area contributed by atoms with Crippen LogP contribution in [0.2, 0.25) is 0 Å². The molecule has 0 radical (unpaired) electrons. The topological polar surface area (TPSA) is 116 Å². The van der Waals surface area contributed by atoms with Crippen molar-refractivity contribution in [2.45, 2.75) is 31.1 Å². The number of aromatic amines is 1. The minimum absolute atomic E-state index is 0.0211. The summed E-state index contributed by atoms with van der Waals surface area (Å²) in [6.45, 7) is 3.81. The summed E-state index contributed by atoms with van der Waals surface area (Å²) in [7, 11) is -4.41. The second kappa shape index (κ2) is 5.88. The second-order valence-corrected chi connectivity index (χ2v) is 7.11. The van der Waals surface area contributed by atoms with Crippen LogP contribution in [0.15, 0.2) is 35.2 Å². The number of hydrogen-bond donors (Lipinski definition) is 3. The fraction of sp³-hybridized carbons (Fsp3) is 0.250. The maximum Gasteiger partial charge on any atom is 0.294 e. The molecule has 1 aromatic heterocycles. The van der Waals surface area contributed by atoms with Crippen LogP contribution in [0.3, 0.4) is 0 Å². The first-order chi connectivity index (χ1) is 11.3. The largest absolute Gasteiger partial charge is 0.507 e. The van der Waals surface area contributed by atoms with Gasteiger partial charge in [0.15, 0.2) is 0 Å². The Morgan fingerprint density at radius 2 is 1.96 bits per heavy atom. The standard InChI is InChI=1S/C16H17N3O4S/c1-3-9(2)12-7-10(24(21,22)23)8-13(16(12)20)11-5-4-6-14-15(11)18-19-17-14/h4-9,20H,3H2,1-2H3,(H,17,18,19)(H,21,22,23). The number of nitrogens with one attached hydrogen (secondary N) is 1. The molecule has 0 saturated heterocycles. The molecule has 3 rings (SSSR count). The molecule has 0 spiro atoms. The number of H-pyrrole nitrogens is 1. The first-order valence-corrected chi connectivity index (χ1v) is 8.91. The summed E-state index contributed by atoms with van der Waals surface area (Å²) in [5, 5.41) is 21.3. The minimum Gasteiger partial charge on any atom is -0.507 e. The predicted molar refractivity (Wildman–Crippen MR) is 89.5 cm³/mol. The van der Waals surface area contributed by atoms with Gasteiger partial charge in [-0.15, -0.1) is 0 Å². The van der Waals surface area contributed by atoms with Gasteiger partial charge in [-0.2, -0.15) is 23.8 Å². The van der Waals surface area contributed by atoms with Crippen LogP contribution in [0.1, 0.15) is 31.7 Å². The SMILES string of the molecule is CCC(C)c1cc(S(=O)(=O)O)cc(-c2cccc3n[nH]nc23)c1O. The third kappa shape index (κ3) is 2.74. The molecule has 0 bridgehead atoms. The molecule has 7 nitrogen and oxygen atoms in total. The van der Waals surface area contributed by atoms with Crippen molar-refractivity contribution in [2.75, 3.05) is 0 Å². The number of fused-ring (bicyclic) bond motifs is 1. The molecule has 0 fully saturated rings. The van der Waals surface area contributed by atoms with Gasteiger partial charge < -0.3 is 5.11 Å². The number of nitrogens with zero attached hydrogens (tertiary/aromatic N) is 2. The van der Waals surface area contributed by atoms with Crippen molar-refractivity contribution in [1.29, 1.82) is 0 Å². The lowest BCUT2D eigenvalue weighted by Crippen LogP contribution is -2.02. The van der Waals surface area contributed by atoms with E-state index in [1.807, 2.05) is 13.8 Å². The Balaban J connectivity index is 2.37. The van der Waals surface area contributed by atoms with E-state index in [2.05, 4.69) is 15.4 Å². The fourth-order valence-corrected chi connectivity index (χ4v) is 3.21. The fourth-order valence-electron chi connectivity index (χ4n) is 2.66. The molecular weight excluding hydrogens is 330 g/mol. The van der Waals surface area contributed by atoms with Crippen molar-refractivity contribution in [3.8, 4) is 16.9 Å². The average Bonchev–Trinajstić information content (AvgIpc) is 3.02. The van der Waals surface area contributed by atoms with Gasteiger partial charge in [-0.25, -0.2) is 0 Å². The van der Waals surface area contributed by atoms with Crippen LogP contribution < -0.4 is 0 Å². The van der Waals surface area contributed by atoms with Gasteiger partial charge in [0.25, 0.3) is 10.1 Å². The van der Waals surface area contributed by atoms with Crippen molar-refractivity contribution in [3.05, 3.63) is 35.9 Å². The van der Waals surface area contributed by atoms with Crippen molar-refractivity contribution < 1.29 is 18.1 Å². The van der Waals surface area contributed by atoms with Crippen LogP contribution in [-0.4, -0.2) is 33.5 Å². The molecule has 1 heterocycles. The molecular formula is C16H17N3O4S. The van der Waals surface area contributed by atoms with Crippen molar-refractivity contribution in [3.63, 3.8) is 0 Å². The van der Waals surface area contributed by atoms with Gasteiger partial charge >= 0.3 is 0 Å². The van der Waals surface area contributed by atoms with E-state index in [1.165, 1.54) is 12.1 Å². The Bertz CT molecular complexity index is 1010. The van der Waals surface area contributed by atoms with Gasteiger partial charge in [0, 0.05) is 11.1 Å². The molecule has 0 saturated carbocycles. The number of hydrogen-bond acceptors (Lipinski definition) is 5. The van der Waals surface area contributed by atoms with Crippen molar-refractivity contribution in [2.24, 2.45) is 0 Å². The smallest absolute Gasteiger partial charge is 0.294 e. The Morgan fingerprint density at radius 3 is 2.62 bits per heavy atom. The van der Waals surface area contributed by atoms with E-state index in [-0.39, 0.29) is 16.6 Å². The zero-order chi connectivity index (χ0) is 17.5. The maximum atomic E-state index is 11.6. The molecule has 126 valence electrons. The number of phenolic OH excluding ortho intramolecular Hbond substituents is 1. The lowest BCUT2D eigenvalue weighted by molar-refractivity contribution is 0.461. The highest BCUT2D eigenvalue weighted by atomic mass is 32.2. The minimum atomic E-state index is -4.41. The van der Waals surface area contributed by atoms with Gasteiger partial charge in [-0.05, 0) is 36.1 Å². The van der Waals surface area contributed by atoms with Gasteiger partial charge in [0.05, 0.1) is 4.90 Å². The van der Waals surface area contributed by atoms with Crippen LogP contribution in [0, 0.1) is 0 Å². The Labute approximate surface area is 139 Å². The number of rotatable bonds is 4. The summed E-state index contributed by atoms with van der Waals surface area (Å²) >= 11 is 0. The van der Waals surface area contributed by atoms with Crippen molar-refractivity contribution in [1.82, 2.24) is 15.4 Å². The molecule has 1 unspecified atom stereocenters. The zero-order valence-corrected chi connectivity index (χ0v) is 14.0. The zero-order valence-electron chi connectivity index (χ0n) is 13.2. The Hall–Kier alpha value is -2.45. The summed E-state index contributed by atoms with van der Waals surface area (Å²) in [5.41, 5.74) is 2.39. The van der Waals surface area contributed by atoms with Crippen molar-refractivity contribution >= 4 is 21.2 Å². The molecule has 3 aromatic rings. The molecule has 0 aliphatic rings. The molecule has 0 aliphatic heterocycles. The van der Waals surface area contributed by atoms with Crippen LogP contribution in [0.4, 0.5) is 0 Å². The van der Waals surface area contributed by atoms with E-state index in [0.29, 0.717) is 34.1 Å². The number of aromatic nitrogens is 3. The van der Waals surface area contributed by atoms with E-state index in [0.717, 1.165) is 0 Å². The Kier molecular flexibility index (Phi) is 4.02. The van der Waals surface area contributed by atoms with E-state index in [9.17, 15) is 18.1 Å². The molecule has 0 aliphatic carbocycles. The number of benzene rings is 2. The number of phenols is 1. The highest BCUT2D eigenvalue weighted by Crippen LogP contribution is 2.40. The summed E-state index contributed by atoms with van der Waals surface area (Å²) in [6.07, 6.45) is 0.704. The summed E-state index contributed by atoms with van der Waals surface area (Å²) in [6, 6.07) is 7.77.